The molecule has 1 saturated heterocycles. The number of amides is 1. The van der Waals surface area contributed by atoms with Gasteiger partial charge in [-0.05, 0) is 12.1 Å². The van der Waals surface area contributed by atoms with Crippen molar-refractivity contribution in [2.24, 2.45) is 0 Å². The molecule has 1 aliphatic rings. The number of nitrogens with one attached hydrogen (secondary N) is 1. The maximum atomic E-state index is 13.5. The van der Waals surface area contributed by atoms with Crippen molar-refractivity contribution in [1.29, 1.82) is 0 Å². The fourth-order valence-corrected chi connectivity index (χ4v) is 1.60. The molecule has 7 heteroatoms. The molecule has 1 aliphatic heterocycles. The summed E-state index contributed by atoms with van der Waals surface area (Å²) in [6, 6.07) is 1.74. The molecule has 1 aromatic rings. The third kappa shape index (κ3) is 2.17. The van der Waals surface area contributed by atoms with Crippen LogP contribution in [0.2, 0.25) is 0 Å². The van der Waals surface area contributed by atoms with Crippen molar-refractivity contribution in [3.8, 4) is 0 Å². The second-order valence-electron chi connectivity index (χ2n) is 3.61. The number of hydrogen-bond donors (Lipinski definition) is 2. The maximum absolute atomic E-state index is 13.5. The van der Waals surface area contributed by atoms with E-state index in [1.807, 2.05) is 5.32 Å². The minimum atomic E-state index is -1.41. The zero-order valence-electron chi connectivity index (χ0n) is 8.54. The SMILES string of the molecule is O=C1CN(c2c(F)cc(NC(=O)O)cc2F)C1. The van der Waals surface area contributed by atoms with Crippen molar-refractivity contribution in [2.75, 3.05) is 23.3 Å². The molecule has 0 bridgehead atoms. The van der Waals surface area contributed by atoms with Crippen LogP contribution in [0.15, 0.2) is 12.1 Å². The van der Waals surface area contributed by atoms with Crippen LogP contribution in [-0.2, 0) is 4.79 Å². The second-order valence-corrected chi connectivity index (χ2v) is 3.61. The van der Waals surface area contributed by atoms with E-state index in [2.05, 4.69) is 0 Å². The average molecular weight is 242 g/mol. The number of rotatable bonds is 2. The zero-order valence-corrected chi connectivity index (χ0v) is 8.54. The molecule has 0 spiro atoms. The average Bonchev–Trinajstić information content (AvgIpc) is 2.12. The fourth-order valence-electron chi connectivity index (χ4n) is 1.60. The van der Waals surface area contributed by atoms with Gasteiger partial charge in [-0.2, -0.15) is 0 Å². The Balaban J connectivity index is 2.29. The third-order valence-corrected chi connectivity index (χ3v) is 2.32. The van der Waals surface area contributed by atoms with Crippen molar-refractivity contribution in [1.82, 2.24) is 0 Å². The van der Waals surface area contributed by atoms with Gasteiger partial charge in [-0.25, -0.2) is 13.6 Å². The zero-order chi connectivity index (χ0) is 12.6. The molecule has 2 N–H and O–H groups in total. The number of benzene rings is 1. The molecule has 17 heavy (non-hydrogen) atoms. The highest BCUT2D eigenvalue weighted by Crippen LogP contribution is 2.29. The van der Waals surface area contributed by atoms with Gasteiger partial charge in [-0.15, -0.1) is 0 Å². The molecular formula is C10H8F2N2O3. The van der Waals surface area contributed by atoms with Gasteiger partial charge in [-0.1, -0.05) is 0 Å². The molecule has 1 amide bonds. The van der Waals surface area contributed by atoms with Gasteiger partial charge in [0.1, 0.15) is 5.69 Å². The van der Waals surface area contributed by atoms with Crippen LogP contribution in [-0.4, -0.2) is 30.1 Å². The first kappa shape index (κ1) is 11.3. The van der Waals surface area contributed by atoms with Crippen LogP contribution in [0.5, 0.6) is 0 Å². The first-order chi connectivity index (χ1) is 7.97. The van der Waals surface area contributed by atoms with E-state index in [1.54, 1.807) is 0 Å². The van der Waals surface area contributed by atoms with Gasteiger partial charge in [0.05, 0.1) is 13.1 Å². The van der Waals surface area contributed by atoms with Crippen LogP contribution < -0.4 is 10.2 Å². The topological polar surface area (TPSA) is 69.6 Å². The largest absolute Gasteiger partial charge is 0.465 e. The van der Waals surface area contributed by atoms with Gasteiger partial charge in [0.2, 0.25) is 0 Å². The highest BCUT2D eigenvalue weighted by atomic mass is 19.1. The molecule has 0 radical (unpaired) electrons. The monoisotopic (exact) mass is 242 g/mol. The molecule has 0 aliphatic carbocycles. The first-order valence-electron chi connectivity index (χ1n) is 4.73. The van der Waals surface area contributed by atoms with Gasteiger partial charge in [0, 0.05) is 5.69 Å². The summed E-state index contributed by atoms with van der Waals surface area (Å²) in [5.74, 6) is -1.90. The van der Waals surface area contributed by atoms with Crippen LogP contribution in [0.1, 0.15) is 0 Å². The lowest BCUT2D eigenvalue weighted by Crippen LogP contribution is -2.48. The molecule has 5 nitrogen and oxygen atoms in total. The molecule has 2 rings (SSSR count). The second kappa shape index (κ2) is 4.00. The van der Waals surface area contributed by atoms with E-state index in [9.17, 15) is 18.4 Å². The summed E-state index contributed by atoms with van der Waals surface area (Å²) >= 11 is 0. The number of carbonyl (C=O) groups is 2. The number of carbonyl (C=O) groups excluding carboxylic acids is 1. The highest BCUT2D eigenvalue weighted by molar-refractivity contribution is 5.95. The van der Waals surface area contributed by atoms with Crippen molar-refractivity contribution >= 4 is 23.3 Å². The predicted octanol–water partition coefficient (Wildman–Crippen LogP) is 1.44. The fraction of sp³-hybridized carbons (Fsp3) is 0.200. The lowest BCUT2D eigenvalue weighted by atomic mass is 10.1. The number of carboxylic acid groups (broad SMARTS) is 1. The number of ketones is 1. The molecular weight excluding hydrogens is 234 g/mol. The van der Waals surface area contributed by atoms with Gasteiger partial charge < -0.3 is 10.0 Å². The lowest BCUT2D eigenvalue weighted by Gasteiger charge is -2.32. The van der Waals surface area contributed by atoms with Crippen LogP contribution in [0, 0.1) is 11.6 Å². The van der Waals surface area contributed by atoms with Crippen molar-refractivity contribution in [3.05, 3.63) is 23.8 Å². The summed E-state index contributed by atoms with van der Waals surface area (Å²) < 4.78 is 27.1. The summed E-state index contributed by atoms with van der Waals surface area (Å²) in [4.78, 5) is 22.3. The Hall–Kier alpha value is -2.18. The van der Waals surface area contributed by atoms with E-state index in [-0.39, 0.29) is 30.2 Å². The Morgan fingerprint density at radius 3 is 2.24 bits per heavy atom. The van der Waals surface area contributed by atoms with Gasteiger partial charge in [-0.3, -0.25) is 10.1 Å². The van der Waals surface area contributed by atoms with Crippen LogP contribution in [0.25, 0.3) is 0 Å². The van der Waals surface area contributed by atoms with Gasteiger partial charge in [0.15, 0.2) is 17.4 Å². The summed E-state index contributed by atoms with van der Waals surface area (Å²) in [6.45, 7) is -0.0565. The van der Waals surface area contributed by atoms with Crippen LogP contribution >= 0.6 is 0 Å². The standard InChI is InChI=1S/C10H8F2N2O3/c11-7-1-5(13-10(16)17)2-8(12)9(7)14-3-6(15)4-14/h1-2,13H,3-4H2,(H,16,17). The van der Waals surface area contributed by atoms with Crippen molar-refractivity contribution < 1.29 is 23.5 Å². The Labute approximate surface area is 94.6 Å². The van der Waals surface area contributed by atoms with Crippen LogP contribution in [0.4, 0.5) is 25.0 Å². The quantitative estimate of drug-likeness (QED) is 0.823. The van der Waals surface area contributed by atoms with Gasteiger partial charge >= 0.3 is 6.09 Å². The van der Waals surface area contributed by atoms with E-state index < -0.39 is 17.7 Å². The summed E-state index contributed by atoms with van der Waals surface area (Å²) in [7, 11) is 0. The van der Waals surface area contributed by atoms with E-state index in [0.717, 1.165) is 12.1 Å². The summed E-state index contributed by atoms with van der Waals surface area (Å²) in [6.07, 6.45) is -1.41. The molecule has 1 fully saturated rings. The van der Waals surface area contributed by atoms with Gasteiger partial charge in [0.25, 0.3) is 0 Å². The van der Waals surface area contributed by atoms with E-state index >= 15 is 0 Å². The van der Waals surface area contributed by atoms with Crippen LogP contribution in [0.3, 0.4) is 0 Å². The third-order valence-electron chi connectivity index (χ3n) is 2.32. The Kier molecular flexibility index (Phi) is 2.66. The minimum Gasteiger partial charge on any atom is -0.465 e. The Morgan fingerprint density at radius 2 is 1.82 bits per heavy atom. The molecule has 0 aromatic heterocycles. The number of Topliss-reactive ketones (excluding diaryl/α,β-unsaturated/α-hetero) is 1. The number of hydrogen-bond acceptors (Lipinski definition) is 3. The van der Waals surface area contributed by atoms with Crippen molar-refractivity contribution in [3.63, 3.8) is 0 Å². The summed E-state index contributed by atoms with van der Waals surface area (Å²) in [5, 5.41) is 10.3. The molecule has 1 heterocycles. The van der Waals surface area contributed by atoms with E-state index in [4.69, 9.17) is 5.11 Å². The summed E-state index contributed by atoms with van der Waals surface area (Å²) in [5.41, 5.74) is -0.497. The Morgan fingerprint density at radius 1 is 1.29 bits per heavy atom. The molecule has 0 unspecified atom stereocenters. The normalized spacial score (nSPS) is 14.5. The minimum absolute atomic E-state index is 0.0282. The molecule has 1 aromatic carbocycles. The first-order valence-corrected chi connectivity index (χ1v) is 4.73. The molecule has 90 valence electrons. The van der Waals surface area contributed by atoms with E-state index in [0.29, 0.717) is 0 Å². The number of halogens is 2. The van der Waals surface area contributed by atoms with E-state index in [1.165, 1.54) is 4.90 Å². The highest BCUT2D eigenvalue weighted by Gasteiger charge is 2.29. The predicted molar refractivity (Wildman–Crippen MR) is 55.2 cm³/mol. The smallest absolute Gasteiger partial charge is 0.409 e. The lowest BCUT2D eigenvalue weighted by molar-refractivity contribution is -0.119. The molecule has 0 atom stereocenters. The molecule has 0 saturated carbocycles. The Bertz CT molecular complexity index is 473. The van der Waals surface area contributed by atoms with Crippen molar-refractivity contribution in [2.45, 2.75) is 0 Å². The number of anilines is 2. The maximum Gasteiger partial charge on any atom is 0.409 e. The number of nitrogens with zero attached hydrogens (tertiary/aromatic N) is 1.